The van der Waals surface area contributed by atoms with E-state index in [9.17, 15) is 21.6 Å². The Balaban J connectivity index is 1.51. The van der Waals surface area contributed by atoms with Crippen molar-refractivity contribution in [2.45, 2.75) is 30.8 Å². The SMILES string of the molecule is CS(=O)(=O)c1ncc2c(n1)CCN(Cc1ccc(-c3ccccc3C(F)(F)F)o1)C2. The molecule has 0 saturated heterocycles. The number of nitrogens with zero attached hydrogens (tertiary/aromatic N) is 3. The third-order valence-corrected chi connectivity index (χ3v) is 5.72. The summed E-state index contributed by atoms with van der Waals surface area (Å²) in [6, 6.07) is 8.52. The number of benzene rings is 1. The smallest absolute Gasteiger partial charge is 0.417 e. The van der Waals surface area contributed by atoms with E-state index in [1.165, 1.54) is 18.3 Å². The number of halogens is 3. The molecule has 1 aliphatic rings. The Hall–Kier alpha value is -2.72. The lowest BCUT2D eigenvalue weighted by molar-refractivity contribution is -0.137. The van der Waals surface area contributed by atoms with Crippen molar-refractivity contribution in [3.8, 4) is 11.3 Å². The Kier molecular flexibility index (Phi) is 5.15. The van der Waals surface area contributed by atoms with Crippen LogP contribution in [0.5, 0.6) is 0 Å². The molecule has 0 radical (unpaired) electrons. The van der Waals surface area contributed by atoms with Gasteiger partial charge in [0.1, 0.15) is 11.5 Å². The summed E-state index contributed by atoms with van der Waals surface area (Å²) in [5.74, 6) is 0.704. The molecule has 4 rings (SSSR count). The van der Waals surface area contributed by atoms with Gasteiger partial charge in [-0.05, 0) is 18.2 Å². The molecular formula is C20H18F3N3O3S. The second kappa shape index (κ2) is 7.51. The molecule has 3 heterocycles. The number of hydrogen-bond donors (Lipinski definition) is 0. The lowest BCUT2D eigenvalue weighted by Crippen LogP contribution is -2.31. The number of fused-ring (bicyclic) bond motifs is 1. The van der Waals surface area contributed by atoms with Crippen LogP contribution in [0, 0.1) is 0 Å². The largest absolute Gasteiger partial charge is 0.460 e. The highest BCUT2D eigenvalue weighted by molar-refractivity contribution is 7.90. The van der Waals surface area contributed by atoms with Crippen LogP contribution in [-0.2, 0) is 35.5 Å². The van der Waals surface area contributed by atoms with Crippen molar-refractivity contribution >= 4 is 9.84 Å². The third kappa shape index (κ3) is 4.24. The lowest BCUT2D eigenvalue weighted by atomic mass is 10.1. The molecule has 0 amide bonds. The minimum absolute atomic E-state index is 0.00180. The molecule has 0 saturated carbocycles. The summed E-state index contributed by atoms with van der Waals surface area (Å²) < 4.78 is 68.7. The van der Waals surface area contributed by atoms with Crippen molar-refractivity contribution in [3.05, 3.63) is 65.2 Å². The van der Waals surface area contributed by atoms with Crippen molar-refractivity contribution in [3.63, 3.8) is 0 Å². The van der Waals surface area contributed by atoms with Gasteiger partial charge < -0.3 is 4.42 Å². The van der Waals surface area contributed by atoms with E-state index in [0.717, 1.165) is 17.9 Å². The van der Waals surface area contributed by atoms with Gasteiger partial charge in [-0.2, -0.15) is 13.2 Å². The molecule has 6 nitrogen and oxygen atoms in total. The van der Waals surface area contributed by atoms with Crippen molar-refractivity contribution in [1.29, 1.82) is 0 Å². The molecule has 3 aromatic rings. The summed E-state index contributed by atoms with van der Waals surface area (Å²) in [6.07, 6.45) is -1.34. The lowest BCUT2D eigenvalue weighted by Gasteiger charge is -2.27. The first kappa shape index (κ1) is 20.5. The van der Waals surface area contributed by atoms with Crippen LogP contribution in [0.1, 0.15) is 22.6 Å². The zero-order chi connectivity index (χ0) is 21.5. The third-order valence-electron chi connectivity index (χ3n) is 4.86. The Morgan fingerprint density at radius 3 is 2.67 bits per heavy atom. The van der Waals surface area contributed by atoms with E-state index in [1.807, 2.05) is 4.90 Å². The molecule has 158 valence electrons. The van der Waals surface area contributed by atoms with Crippen LogP contribution in [0.25, 0.3) is 11.3 Å². The van der Waals surface area contributed by atoms with Crippen molar-refractivity contribution in [1.82, 2.24) is 14.9 Å². The summed E-state index contributed by atoms with van der Waals surface area (Å²) in [5.41, 5.74) is 0.780. The first-order valence-corrected chi connectivity index (χ1v) is 11.0. The molecule has 0 fully saturated rings. The zero-order valence-corrected chi connectivity index (χ0v) is 16.8. The molecule has 0 atom stereocenters. The van der Waals surface area contributed by atoms with Gasteiger partial charge in [-0.1, -0.05) is 18.2 Å². The van der Waals surface area contributed by atoms with Crippen LogP contribution in [0.15, 0.2) is 52.2 Å². The summed E-state index contributed by atoms with van der Waals surface area (Å²) in [4.78, 5) is 10.1. The quantitative estimate of drug-likeness (QED) is 0.579. The predicted octanol–water partition coefficient (Wildman–Crippen LogP) is 3.72. The van der Waals surface area contributed by atoms with E-state index in [0.29, 0.717) is 37.5 Å². The molecule has 2 aromatic heterocycles. The van der Waals surface area contributed by atoms with E-state index >= 15 is 0 Å². The first-order valence-electron chi connectivity index (χ1n) is 9.14. The topological polar surface area (TPSA) is 76.3 Å². The van der Waals surface area contributed by atoms with Crippen molar-refractivity contribution < 1.29 is 26.0 Å². The average Bonchev–Trinajstić information content (AvgIpc) is 3.14. The summed E-state index contributed by atoms with van der Waals surface area (Å²) >= 11 is 0. The normalized spacial score (nSPS) is 15.2. The minimum Gasteiger partial charge on any atom is -0.460 e. The second-order valence-electron chi connectivity index (χ2n) is 7.17. The van der Waals surface area contributed by atoms with Gasteiger partial charge in [0, 0.05) is 43.1 Å². The molecule has 0 spiro atoms. The van der Waals surface area contributed by atoms with Gasteiger partial charge in [-0.3, -0.25) is 4.90 Å². The molecule has 1 aliphatic heterocycles. The van der Waals surface area contributed by atoms with Gasteiger partial charge >= 0.3 is 6.18 Å². The number of aromatic nitrogens is 2. The summed E-state index contributed by atoms with van der Waals surface area (Å²) in [7, 11) is -3.47. The predicted molar refractivity (Wildman–Crippen MR) is 102 cm³/mol. The van der Waals surface area contributed by atoms with Crippen LogP contribution in [0.3, 0.4) is 0 Å². The monoisotopic (exact) mass is 437 g/mol. The number of hydrogen-bond acceptors (Lipinski definition) is 6. The fraction of sp³-hybridized carbons (Fsp3) is 0.300. The van der Waals surface area contributed by atoms with Crippen LogP contribution in [-0.4, -0.2) is 36.1 Å². The highest BCUT2D eigenvalue weighted by atomic mass is 32.2. The Morgan fingerprint density at radius 1 is 1.17 bits per heavy atom. The molecular weight excluding hydrogens is 419 g/mol. The number of rotatable bonds is 4. The van der Waals surface area contributed by atoms with Crippen LogP contribution in [0.2, 0.25) is 0 Å². The fourth-order valence-electron chi connectivity index (χ4n) is 3.44. The van der Waals surface area contributed by atoms with Crippen molar-refractivity contribution in [2.75, 3.05) is 12.8 Å². The van der Waals surface area contributed by atoms with E-state index < -0.39 is 21.6 Å². The van der Waals surface area contributed by atoms with Gasteiger partial charge in [0.15, 0.2) is 0 Å². The molecule has 0 N–H and O–H groups in total. The highest BCUT2D eigenvalue weighted by Crippen LogP contribution is 2.37. The molecule has 30 heavy (non-hydrogen) atoms. The zero-order valence-electron chi connectivity index (χ0n) is 16.0. The molecule has 1 aromatic carbocycles. The van der Waals surface area contributed by atoms with Gasteiger partial charge in [0.05, 0.1) is 17.8 Å². The Morgan fingerprint density at radius 2 is 1.93 bits per heavy atom. The van der Waals surface area contributed by atoms with Gasteiger partial charge in [0.25, 0.3) is 0 Å². The Labute approximate surface area is 171 Å². The van der Waals surface area contributed by atoms with Crippen LogP contribution >= 0.6 is 0 Å². The summed E-state index contributed by atoms with van der Waals surface area (Å²) in [6.45, 7) is 1.51. The maximum absolute atomic E-state index is 13.3. The van der Waals surface area contributed by atoms with E-state index in [1.54, 1.807) is 18.2 Å². The van der Waals surface area contributed by atoms with Gasteiger partial charge in [-0.25, -0.2) is 18.4 Å². The van der Waals surface area contributed by atoms with Gasteiger partial charge in [-0.15, -0.1) is 0 Å². The molecule has 0 bridgehead atoms. The van der Waals surface area contributed by atoms with Crippen LogP contribution < -0.4 is 0 Å². The standard InChI is InChI=1S/C20H18F3N3O3S/c1-30(27,28)19-24-10-13-11-26(9-8-17(13)25-19)12-14-6-7-18(29-14)15-4-2-3-5-16(15)20(21,22)23/h2-7,10H,8-9,11-12H2,1H3. The van der Waals surface area contributed by atoms with E-state index in [4.69, 9.17) is 4.42 Å². The van der Waals surface area contributed by atoms with Crippen molar-refractivity contribution in [2.24, 2.45) is 0 Å². The maximum Gasteiger partial charge on any atom is 0.417 e. The summed E-state index contributed by atoms with van der Waals surface area (Å²) in [5, 5.41) is -0.186. The number of furan rings is 1. The second-order valence-corrected chi connectivity index (χ2v) is 9.08. The maximum atomic E-state index is 13.3. The van der Waals surface area contributed by atoms with Gasteiger partial charge in [0.2, 0.25) is 15.0 Å². The molecule has 10 heteroatoms. The molecule has 0 aliphatic carbocycles. The fourth-order valence-corrected chi connectivity index (χ4v) is 3.96. The molecule has 0 unspecified atom stereocenters. The Bertz CT molecular complexity index is 1190. The first-order chi connectivity index (χ1) is 14.1. The number of sulfone groups is 1. The number of alkyl halides is 3. The highest BCUT2D eigenvalue weighted by Gasteiger charge is 2.34. The van der Waals surface area contributed by atoms with E-state index in [2.05, 4.69) is 9.97 Å². The van der Waals surface area contributed by atoms with E-state index in [-0.39, 0.29) is 16.5 Å². The average molecular weight is 437 g/mol. The van der Waals surface area contributed by atoms with Crippen LogP contribution in [0.4, 0.5) is 13.2 Å². The minimum atomic E-state index is -4.47.